The maximum absolute atomic E-state index is 8.57. The lowest BCUT2D eigenvalue weighted by Crippen LogP contribution is -2.07. The zero-order valence-corrected chi connectivity index (χ0v) is 7.83. The van der Waals surface area contributed by atoms with Crippen LogP contribution in [0.5, 0.6) is 0 Å². The van der Waals surface area contributed by atoms with Gasteiger partial charge in [0, 0.05) is 10.3 Å². The van der Waals surface area contributed by atoms with E-state index in [4.69, 9.17) is 5.26 Å². The van der Waals surface area contributed by atoms with Crippen molar-refractivity contribution in [3.8, 4) is 6.07 Å². The van der Waals surface area contributed by atoms with Crippen LogP contribution in [0.3, 0.4) is 0 Å². The number of rotatable bonds is 0. The van der Waals surface area contributed by atoms with E-state index in [0.717, 1.165) is 5.56 Å². The van der Waals surface area contributed by atoms with Gasteiger partial charge in [0.15, 0.2) is 0 Å². The maximum atomic E-state index is 8.57. The van der Waals surface area contributed by atoms with E-state index in [1.165, 1.54) is 4.88 Å². The number of hydrogen-bond donors (Lipinski definition) is 0. The second-order valence-electron chi connectivity index (χ2n) is 3.56. The molecule has 11 heavy (non-hydrogen) atoms. The normalized spacial score (nSPS) is 11.1. The summed E-state index contributed by atoms with van der Waals surface area (Å²) in [7, 11) is 0. The van der Waals surface area contributed by atoms with Crippen LogP contribution >= 0.6 is 11.3 Å². The molecule has 0 aliphatic heterocycles. The standard InChI is InChI=1S/C9H11NS/c1-9(2,3)8-4-7(5-10)6-11-8/h4,6H,1-3H3. The fourth-order valence-electron chi connectivity index (χ4n) is 0.788. The van der Waals surface area contributed by atoms with E-state index in [-0.39, 0.29) is 5.41 Å². The SMILES string of the molecule is CC(C)(C)c1cc(C#N)cs1. The third kappa shape index (κ3) is 1.81. The Kier molecular flexibility index (Phi) is 2.01. The van der Waals surface area contributed by atoms with Crippen LogP contribution in [0.25, 0.3) is 0 Å². The first-order chi connectivity index (χ1) is 5.04. The van der Waals surface area contributed by atoms with Gasteiger partial charge in [0.2, 0.25) is 0 Å². The molecule has 0 amide bonds. The largest absolute Gasteiger partial charge is 0.192 e. The molecule has 2 heteroatoms. The first-order valence-electron chi connectivity index (χ1n) is 3.53. The van der Waals surface area contributed by atoms with Gasteiger partial charge in [-0.15, -0.1) is 11.3 Å². The fraction of sp³-hybridized carbons (Fsp3) is 0.444. The lowest BCUT2D eigenvalue weighted by atomic mass is 9.94. The van der Waals surface area contributed by atoms with Crippen LogP contribution in [0.2, 0.25) is 0 Å². The first kappa shape index (κ1) is 8.29. The lowest BCUT2D eigenvalue weighted by molar-refractivity contribution is 0.604. The number of nitriles is 1. The fourth-order valence-corrected chi connectivity index (χ4v) is 1.71. The Morgan fingerprint density at radius 1 is 1.45 bits per heavy atom. The van der Waals surface area contributed by atoms with Crippen molar-refractivity contribution in [1.29, 1.82) is 5.26 Å². The van der Waals surface area contributed by atoms with E-state index in [0.29, 0.717) is 0 Å². The van der Waals surface area contributed by atoms with E-state index in [1.54, 1.807) is 11.3 Å². The summed E-state index contributed by atoms with van der Waals surface area (Å²) in [4.78, 5) is 1.27. The molecule has 0 aromatic carbocycles. The highest BCUT2D eigenvalue weighted by atomic mass is 32.1. The van der Waals surface area contributed by atoms with Crippen molar-refractivity contribution in [2.24, 2.45) is 0 Å². The van der Waals surface area contributed by atoms with Crippen molar-refractivity contribution in [3.63, 3.8) is 0 Å². The van der Waals surface area contributed by atoms with E-state index in [1.807, 2.05) is 11.4 Å². The summed E-state index contributed by atoms with van der Waals surface area (Å²) in [5.74, 6) is 0. The topological polar surface area (TPSA) is 23.8 Å². The number of hydrogen-bond acceptors (Lipinski definition) is 2. The minimum Gasteiger partial charge on any atom is -0.192 e. The Bertz CT molecular complexity index is 285. The Labute approximate surface area is 71.3 Å². The zero-order valence-electron chi connectivity index (χ0n) is 7.01. The van der Waals surface area contributed by atoms with Gasteiger partial charge < -0.3 is 0 Å². The molecule has 0 N–H and O–H groups in total. The van der Waals surface area contributed by atoms with Crippen molar-refractivity contribution >= 4 is 11.3 Å². The van der Waals surface area contributed by atoms with Crippen molar-refractivity contribution in [2.45, 2.75) is 26.2 Å². The summed E-state index contributed by atoms with van der Waals surface area (Å²) in [5.41, 5.74) is 0.958. The minimum absolute atomic E-state index is 0.180. The predicted octanol–water partition coefficient (Wildman–Crippen LogP) is 2.92. The molecule has 0 fully saturated rings. The van der Waals surface area contributed by atoms with Gasteiger partial charge in [0.05, 0.1) is 5.56 Å². The quantitative estimate of drug-likeness (QED) is 0.580. The molecule has 0 bridgehead atoms. The molecule has 0 aliphatic carbocycles. The third-order valence-corrected chi connectivity index (χ3v) is 2.82. The van der Waals surface area contributed by atoms with Crippen molar-refractivity contribution in [2.75, 3.05) is 0 Å². The van der Waals surface area contributed by atoms with Gasteiger partial charge >= 0.3 is 0 Å². The highest BCUT2D eigenvalue weighted by molar-refractivity contribution is 7.10. The third-order valence-electron chi connectivity index (χ3n) is 1.47. The van der Waals surface area contributed by atoms with Crippen LogP contribution in [-0.2, 0) is 5.41 Å². The molecule has 1 nitrogen and oxygen atoms in total. The van der Waals surface area contributed by atoms with Gasteiger partial charge in [0.1, 0.15) is 6.07 Å². The van der Waals surface area contributed by atoms with Crippen LogP contribution in [0.15, 0.2) is 11.4 Å². The van der Waals surface area contributed by atoms with Crippen LogP contribution in [0.4, 0.5) is 0 Å². The molecule has 0 unspecified atom stereocenters. The van der Waals surface area contributed by atoms with Gasteiger partial charge in [0.25, 0.3) is 0 Å². The van der Waals surface area contributed by atoms with Gasteiger partial charge in [-0.25, -0.2) is 0 Å². The molecular formula is C9H11NS. The van der Waals surface area contributed by atoms with Crippen molar-refractivity contribution in [1.82, 2.24) is 0 Å². The highest BCUT2D eigenvalue weighted by Gasteiger charge is 2.15. The second kappa shape index (κ2) is 2.67. The van der Waals surface area contributed by atoms with Crippen LogP contribution < -0.4 is 0 Å². The molecule has 0 aliphatic rings. The van der Waals surface area contributed by atoms with E-state index < -0.39 is 0 Å². The molecule has 0 atom stereocenters. The van der Waals surface area contributed by atoms with Gasteiger partial charge in [-0.3, -0.25) is 0 Å². The summed E-state index contributed by atoms with van der Waals surface area (Å²) in [6.07, 6.45) is 0. The molecule has 0 spiro atoms. The maximum Gasteiger partial charge on any atom is 0.100 e. The molecular weight excluding hydrogens is 154 g/mol. The summed E-state index contributed by atoms with van der Waals surface area (Å²) >= 11 is 1.66. The van der Waals surface area contributed by atoms with Crippen LogP contribution in [0.1, 0.15) is 31.2 Å². The van der Waals surface area contributed by atoms with Gasteiger partial charge in [-0.05, 0) is 11.5 Å². The summed E-state index contributed by atoms with van der Waals surface area (Å²) < 4.78 is 0. The Balaban J connectivity index is 3.01. The summed E-state index contributed by atoms with van der Waals surface area (Å²) in [6.45, 7) is 6.46. The molecule has 0 saturated carbocycles. The average molecular weight is 165 g/mol. The Morgan fingerprint density at radius 2 is 2.09 bits per heavy atom. The molecule has 0 radical (unpaired) electrons. The van der Waals surface area contributed by atoms with Gasteiger partial charge in [-0.1, -0.05) is 20.8 Å². The van der Waals surface area contributed by atoms with E-state index in [9.17, 15) is 0 Å². The molecule has 1 aromatic rings. The Morgan fingerprint density at radius 3 is 2.36 bits per heavy atom. The second-order valence-corrected chi connectivity index (χ2v) is 4.47. The Hall–Kier alpha value is -0.810. The van der Waals surface area contributed by atoms with Crippen molar-refractivity contribution < 1.29 is 0 Å². The number of thiophene rings is 1. The summed E-state index contributed by atoms with van der Waals surface area (Å²) in [5, 5.41) is 10.5. The number of nitrogens with zero attached hydrogens (tertiary/aromatic N) is 1. The monoisotopic (exact) mass is 165 g/mol. The predicted molar refractivity (Wildman–Crippen MR) is 47.7 cm³/mol. The molecule has 0 saturated heterocycles. The molecule has 1 rings (SSSR count). The zero-order chi connectivity index (χ0) is 8.48. The van der Waals surface area contributed by atoms with Crippen LogP contribution in [-0.4, -0.2) is 0 Å². The molecule has 58 valence electrons. The first-order valence-corrected chi connectivity index (χ1v) is 4.41. The summed E-state index contributed by atoms with van der Waals surface area (Å²) in [6, 6.07) is 4.09. The van der Waals surface area contributed by atoms with Crippen molar-refractivity contribution in [3.05, 3.63) is 21.9 Å². The van der Waals surface area contributed by atoms with E-state index >= 15 is 0 Å². The van der Waals surface area contributed by atoms with E-state index in [2.05, 4.69) is 26.8 Å². The minimum atomic E-state index is 0.180. The smallest absolute Gasteiger partial charge is 0.100 e. The lowest BCUT2D eigenvalue weighted by Gasteiger charge is -2.14. The average Bonchev–Trinajstić information content (AvgIpc) is 2.32. The van der Waals surface area contributed by atoms with Crippen LogP contribution in [0, 0.1) is 11.3 Å². The molecule has 1 aromatic heterocycles. The highest BCUT2D eigenvalue weighted by Crippen LogP contribution is 2.28. The van der Waals surface area contributed by atoms with Gasteiger partial charge in [-0.2, -0.15) is 5.26 Å². The molecule has 1 heterocycles.